The summed E-state index contributed by atoms with van der Waals surface area (Å²) in [7, 11) is 0. The highest BCUT2D eigenvalue weighted by molar-refractivity contribution is 6.33. The quantitative estimate of drug-likeness (QED) is 0.731. The average molecular weight is 379 g/mol. The van der Waals surface area contributed by atoms with Crippen LogP contribution in [0.25, 0.3) is 21.9 Å². The molecule has 1 fully saturated rings. The van der Waals surface area contributed by atoms with Gasteiger partial charge in [0, 0.05) is 29.2 Å². The van der Waals surface area contributed by atoms with Crippen molar-refractivity contribution in [1.29, 1.82) is 0 Å². The van der Waals surface area contributed by atoms with Gasteiger partial charge in [-0.25, -0.2) is 0 Å². The Hall–Kier alpha value is -2.85. The summed E-state index contributed by atoms with van der Waals surface area (Å²) in [6.07, 6.45) is 0. The molecular weight excluding hydrogens is 360 g/mol. The van der Waals surface area contributed by atoms with E-state index >= 15 is 0 Å². The molecule has 136 valence electrons. The highest BCUT2D eigenvalue weighted by atomic mass is 35.5. The molecule has 0 aromatic heterocycles. The minimum atomic E-state index is -0.116. The summed E-state index contributed by atoms with van der Waals surface area (Å²) in [5.41, 5.74) is 3.75. The van der Waals surface area contributed by atoms with E-state index in [1.165, 1.54) is 0 Å². The van der Waals surface area contributed by atoms with Crippen LogP contribution in [0.5, 0.6) is 0 Å². The number of fused-ring (bicyclic) bond motifs is 1. The molecule has 0 unspecified atom stereocenters. The standard InChI is InChI=1S/C22H19ClN2O2/c1-14-2-7-19(20(23)10-14)17-5-3-16-12-18(6-4-15(16)11-17)22(27)25-9-8-24-21(26)13-25/h2-7,10-12H,8-9,13H2,1H3,(H,24,26). The SMILES string of the molecule is Cc1ccc(-c2ccc3cc(C(=O)N4CCNC(=O)C4)ccc3c2)c(Cl)c1. The first-order valence-corrected chi connectivity index (χ1v) is 9.25. The molecule has 0 bridgehead atoms. The molecule has 3 aromatic rings. The molecule has 1 saturated heterocycles. The van der Waals surface area contributed by atoms with Gasteiger partial charge < -0.3 is 10.2 Å². The van der Waals surface area contributed by atoms with Gasteiger partial charge in [0.25, 0.3) is 5.91 Å². The number of amides is 2. The number of carbonyl (C=O) groups excluding carboxylic acids is 2. The van der Waals surface area contributed by atoms with E-state index in [4.69, 9.17) is 11.6 Å². The van der Waals surface area contributed by atoms with Gasteiger partial charge in [-0.1, -0.05) is 41.9 Å². The fourth-order valence-corrected chi connectivity index (χ4v) is 3.74. The van der Waals surface area contributed by atoms with E-state index in [-0.39, 0.29) is 18.4 Å². The van der Waals surface area contributed by atoms with Crippen LogP contribution in [0.3, 0.4) is 0 Å². The van der Waals surface area contributed by atoms with E-state index in [0.29, 0.717) is 18.7 Å². The van der Waals surface area contributed by atoms with E-state index in [1.807, 2.05) is 55.5 Å². The first kappa shape index (κ1) is 17.6. The van der Waals surface area contributed by atoms with Gasteiger partial charge in [-0.2, -0.15) is 0 Å². The largest absolute Gasteiger partial charge is 0.353 e. The lowest BCUT2D eigenvalue weighted by molar-refractivity contribution is -0.123. The molecule has 5 heteroatoms. The Bertz CT molecular complexity index is 1060. The summed E-state index contributed by atoms with van der Waals surface area (Å²) in [5, 5.41) is 5.48. The van der Waals surface area contributed by atoms with Crippen LogP contribution >= 0.6 is 11.6 Å². The van der Waals surface area contributed by atoms with Crippen LogP contribution in [-0.2, 0) is 4.79 Å². The Labute approximate surface area is 162 Å². The fourth-order valence-electron chi connectivity index (χ4n) is 3.40. The number of rotatable bonds is 2. The number of benzene rings is 3. The molecule has 1 aliphatic heterocycles. The maximum absolute atomic E-state index is 12.7. The summed E-state index contributed by atoms with van der Waals surface area (Å²) in [5.74, 6) is -0.229. The van der Waals surface area contributed by atoms with Gasteiger partial charge in [-0.3, -0.25) is 9.59 Å². The molecule has 1 aliphatic rings. The highest BCUT2D eigenvalue weighted by Gasteiger charge is 2.22. The molecule has 4 nitrogen and oxygen atoms in total. The number of piperazine rings is 1. The zero-order valence-electron chi connectivity index (χ0n) is 15.0. The van der Waals surface area contributed by atoms with Crippen molar-refractivity contribution >= 4 is 34.2 Å². The lowest BCUT2D eigenvalue weighted by Gasteiger charge is -2.26. The predicted molar refractivity (Wildman–Crippen MR) is 108 cm³/mol. The Morgan fingerprint density at radius 3 is 2.59 bits per heavy atom. The number of halogens is 1. The Morgan fingerprint density at radius 2 is 1.81 bits per heavy atom. The lowest BCUT2D eigenvalue weighted by atomic mass is 9.99. The zero-order valence-corrected chi connectivity index (χ0v) is 15.7. The van der Waals surface area contributed by atoms with Crippen molar-refractivity contribution in [1.82, 2.24) is 10.2 Å². The molecular formula is C22H19ClN2O2. The van der Waals surface area contributed by atoms with Gasteiger partial charge in [-0.05, 0) is 53.1 Å². The second-order valence-corrected chi connectivity index (χ2v) is 7.24. The summed E-state index contributed by atoms with van der Waals surface area (Å²) < 4.78 is 0. The highest BCUT2D eigenvalue weighted by Crippen LogP contribution is 2.31. The number of nitrogens with zero attached hydrogens (tertiary/aromatic N) is 1. The average Bonchev–Trinajstić information content (AvgIpc) is 2.66. The van der Waals surface area contributed by atoms with Crippen molar-refractivity contribution in [2.75, 3.05) is 19.6 Å². The van der Waals surface area contributed by atoms with Crippen molar-refractivity contribution in [3.63, 3.8) is 0 Å². The minimum Gasteiger partial charge on any atom is -0.353 e. The smallest absolute Gasteiger partial charge is 0.254 e. The van der Waals surface area contributed by atoms with E-state index in [1.54, 1.807) is 4.90 Å². The summed E-state index contributed by atoms with van der Waals surface area (Å²) in [4.78, 5) is 25.8. The fraction of sp³-hybridized carbons (Fsp3) is 0.182. The van der Waals surface area contributed by atoms with Crippen molar-refractivity contribution in [3.8, 4) is 11.1 Å². The Balaban J connectivity index is 1.66. The van der Waals surface area contributed by atoms with E-state index < -0.39 is 0 Å². The maximum atomic E-state index is 12.7. The van der Waals surface area contributed by atoms with Crippen LogP contribution in [0.4, 0.5) is 0 Å². The van der Waals surface area contributed by atoms with Crippen LogP contribution in [0, 0.1) is 6.92 Å². The number of aryl methyl sites for hydroxylation is 1. The van der Waals surface area contributed by atoms with Crippen LogP contribution < -0.4 is 5.32 Å². The van der Waals surface area contributed by atoms with Crippen molar-refractivity contribution in [2.24, 2.45) is 0 Å². The van der Waals surface area contributed by atoms with Crippen LogP contribution in [0.15, 0.2) is 54.6 Å². The molecule has 0 saturated carbocycles. The monoisotopic (exact) mass is 378 g/mol. The van der Waals surface area contributed by atoms with Crippen molar-refractivity contribution in [3.05, 3.63) is 70.7 Å². The summed E-state index contributed by atoms with van der Waals surface area (Å²) >= 11 is 6.40. The Morgan fingerprint density at radius 1 is 1.04 bits per heavy atom. The van der Waals surface area contributed by atoms with Gasteiger partial charge in [0.1, 0.15) is 0 Å². The van der Waals surface area contributed by atoms with Gasteiger partial charge in [-0.15, -0.1) is 0 Å². The number of carbonyl (C=O) groups is 2. The normalized spacial score (nSPS) is 14.3. The second kappa shape index (κ2) is 7.05. The van der Waals surface area contributed by atoms with Crippen molar-refractivity contribution in [2.45, 2.75) is 6.92 Å². The third-order valence-electron chi connectivity index (χ3n) is 4.85. The zero-order chi connectivity index (χ0) is 19.0. The number of hydrogen-bond acceptors (Lipinski definition) is 2. The third-order valence-corrected chi connectivity index (χ3v) is 5.16. The molecule has 4 rings (SSSR count). The van der Waals surface area contributed by atoms with Gasteiger partial charge >= 0.3 is 0 Å². The molecule has 0 atom stereocenters. The van der Waals surface area contributed by atoms with E-state index in [0.717, 1.165) is 32.5 Å². The minimum absolute atomic E-state index is 0.113. The maximum Gasteiger partial charge on any atom is 0.254 e. The van der Waals surface area contributed by atoms with Gasteiger partial charge in [0.2, 0.25) is 5.91 Å². The number of hydrogen-bond donors (Lipinski definition) is 1. The molecule has 0 aliphatic carbocycles. The molecule has 0 radical (unpaired) electrons. The molecule has 1 heterocycles. The summed E-state index contributed by atoms with van der Waals surface area (Å²) in [6.45, 7) is 3.16. The first-order chi connectivity index (χ1) is 13.0. The molecule has 1 N–H and O–H groups in total. The lowest BCUT2D eigenvalue weighted by Crippen LogP contribution is -2.49. The molecule has 3 aromatic carbocycles. The predicted octanol–water partition coefficient (Wildman–Crippen LogP) is 4.04. The van der Waals surface area contributed by atoms with Gasteiger partial charge in [0.15, 0.2) is 0 Å². The molecule has 27 heavy (non-hydrogen) atoms. The van der Waals surface area contributed by atoms with Gasteiger partial charge in [0.05, 0.1) is 6.54 Å². The van der Waals surface area contributed by atoms with E-state index in [2.05, 4.69) is 11.4 Å². The summed E-state index contributed by atoms with van der Waals surface area (Å²) in [6, 6.07) is 17.8. The number of nitrogens with one attached hydrogen (secondary N) is 1. The topological polar surface area (TPSA) is 49.4 Å². The van der Waals surface area contributed by atoms with Crippen LogP contribution in [0.2, 0.25) is 5.02 Å². The molecule has 2 amide bonds. The second-order valence-electron chi connectivity index (χ2n) is 6.84. The third kappa shape index (κ3) is 3.53. The first-order valence-electron chi connectivity index (χ1n) is 8.87. The van der Waals surface area contributed by atoms with Crippen molar-refractivity contribution < 1.29 is 9.59 Å². The molecule has 0 spiro atoms. The Kier molecular flexibility index (Phi) is 4.58. The van der Waals surface area contributed by atoms with Crippen LogP contribution in [0.1, 0.15) is 15.9 Å². The van der Waals surface area contributed by atoms with Crippen LogP contribution in [-0.4, -0.2) is 36.3 Å². The van der Waals surface area contributed by atoms with E-state index in [9.17, 15) is 9.59 Å².